The van der Waals surface area contributed by atoms with Crippen LogP contribution >= 0.6 is 0 Å². The topological polar surface area (TPSA) is 61.5 Å². The molecule has 3 heterocycles. The molecular weight excluding hydrogens is 304 g/mol. The summed E-state index contributed by atoms with van der Waals surface area (Å²) in [4.78, 5) is 25.7. The van der Waals surface area contributed by atoms with Gasteiger partial charge in [0.05, 0.1) is 12.3 Å². The Labute approximate surface area is 144 Å². The molecule has 24 heavy (non-hydrogen) atoms. The van der Waals surface area contributed by atoms with Gasteiger partial charge < -0.3 is 14.6 Å². The molecule has 6 heteroatoms. The Morgan fingerprint density at radius 1 is 1.29 bits per heavy atom. The van der Waals surface area contributed by atoms with Crippen LogP contribution < -0.4 is 0 Å². The van der Waals surface area contributed by atoms with Crippen molar-refractivity contribution in [1.29, 1.82) is 0 Å². The largest absolute Gasteiger partial charge is 0.383 e. The molecule has 1 N–H and O–H groups in total. The maximum absolute atomic E-state index is 13.2. The van der Waals surface area contributed by atoms with Gasteiger partial charge in [0.15, 0.2) is 0 Å². The molecule has 0 saturated carbocycles. The molecule has 134 valence electrons. The number of ether oxygens (including phenoxy) is 1. The van der Waals surface area contributed by atoms with E-state index in [0.29, 0.717) is 19.1 Å². The highest BCUT2D eigenvalue weighted by Crippen LogP contribution is 2.39. The molecule has 2 fully saturated rings. The summed E-state index contributed by atoms with van der Waals surface area (Å²) in [6, 6.07) is 0. The number of amides is 1. The van der Waals surface area contributed by atoms with E-state index in [-0.39, 0.29) is 5.54 Å². The van der Waals surface area contributed by atoms with Gasteiger partial charge in [-0.1, -0.05) is 6.92 Å². The van der Waals surface area contributed by atoms with E-state index in [0.717, 1.165) is 69.0 Å². The number of hydrogen-bond acceptors (Lipinski definition) is 4. The maximum Gasteiger partial charge on any atom is 0.243 e. The lowest BCUT2D eigenvalue weighted by Crippen LogP contribution is -2.60. The predicted molar refractivity (Wildman–Crippen MR) is 92.8 cm³/mol. The minimum atomic E-state index is -0.316. The third-order valence-corrected chi connectivity index (χ3v) is 5.60. The molecule has 1 atom stereocenters. The summed E-state index contributed by atoms with van der Waals surface area (Å²) in [6.45, 7) is 8.12. The van der Waals surface area contributed by atoms with Gasteiger partial charge in [-0.05, 0) is 39.2 Å². The number of aromatic nitrogens is 2. The van der Waals surface area contributed by atoms with Crippen molar-refractivity contribution in [2.45, 2.75) is 58.0 Å². The van der Waals surface area contributed by atoms with Crippen LogP contribution in [0.3, 0.4) is 0 Å². The lowest BCUT2D eigenvalue weighted by atomic mass is 9.85. The predicted octanol–water partition coefficient (Wildman–Crippen LogP) is 1.88. The van der Waals surface area contributed by atoms with Gasteiger partial charge in [-0.25, -0.2) is 4.98 Å². The van der Waals surface area contributed by atoms with E-state index in [1.807, 2.05) is 4.90 Å². The Morgan fingerprint density at radius 3 is 2.71 bits per heavy atom. The fourth-order valence-corrected chi connectivity index (χ4v) is 4.24. The quantitative estimate of drug-likeness (QED) is 0.863. The average Bonchev–Trinajstić information content (AvgIpc) is 3.14. The van der Waals surface area contributed by atoms with Crippen LogP contribution in [-0.4, -0.2) is 64.6 Å². The number of nitrogens with zero attached hydrogens (tertiary/aromatic N) is 3. The van der Waals surface area contributed by atoms with Gasteiger partial charge in [0.1, 0.15) is 11.4 Å². The van der Waals surface area contributed by atoms with Crippen LogP contribution in [0.4, 0.5) is 0 Å². The van der Waals surface area contributed by atoms with Crippen LogP contribution in [0.2, 0.25) is 0 Å². The highest BCUT2D eigenvalue weighted by atomic mass is 16.5. The highest BCUT2D eigenvalue weighted by Gasteiger charge is 2.50. The second-order valence-electron chi connectivity index (χ2n) is 7.05. The summed E-state index contributed by atoms with van der Waals surface area (Å²) in [5.41, 5.74) is 1.91. The minimum absolute atomic E-state index is 0.298. The number of imidazole rings is 1. The normalized spacial score (nSPS) is 25.1. The SMILES string of the molecule is CCc1nc(CN2CCCC23CCCN(CCOC)C3=O)c(C)[nH]1. The van der Waals surface area contributed by atoms with Crippen LogP contribution in [0.25, 0.3) is 0 Å². The van der Waals surface area contributed by atoms with Gasteiger partial charge in [-0.15, -0.1) is 0 Å². The number of carbonyl (C=O) groups is 1. The zero-order valence-corrected chi connectivity index (χ0v) is 15.2. The standard InChI is InChI=1S/C18H30N4O2/c1-4-16-19-14(2)15(20-16)13-22-10-6-8-18(22)7-5-9-21(17(18)23)11-12-24-3/h4-13H2,1-3H3,(H,19,20). The van der Waals surface area contributed by atoms with Crippen molar-refractivity contribution in [2.75, 3.05) is 33.4 Å². The fraction of sp³-hybridized carbons (Fsp3) is 0.778. The van der Waals surface area contributed by atoms with E-state index in [9.17, 15) is 4.79 Å². The number of rotatable bonds is 6. The Morgan fingerprint density at radius 2 is 2.04 bits per heavy atom. The van der Waals surface area contributed by atoms with Crippen molar-refractivity contribution in [1.82, 2.24) is 19.8 Å². The van der Waals surface area contributed by atoms with Crippen molar-refractivity contribution in [3.8, 4) is 0 Å². The fourth-order valence-electron chi connectivity index (χ4n) is 4.24. The molecule has 1 aromatic heterocycles. The van der Waals surface area contributed by atoms with Crippen molar-refractivity contribution in [3.63, 3.8) is 0 Å². The van der Waals surface area contributed by atoms with Gasteiger partial charge in [0, 0.05) is 38.9 Å². The van der Waals surface area contributed by atoms with E-state index < -0.39 is 0 Å². The van der Waals surface area contributed by atoms with Gasteiger partial charge in [0.25, 0.3) is 0 Å². The van der Waals surface area contributed by atoms with Crippen molar-refractivity contribution >= 4 is 5.91 Å². The summed E-state index contributed by atoms with van der Waals surface area (Å²) in [6.07, 6.45) is 5.02. The molecular formula is C18H30N4O2. The zero-order valence-electron chi connectivity index (χ0n) is 15.2. The van der Waals surface area contributed by atoms with Gasteiger partial charge in [-0.3, -0.25) is 9.69 Å². The van der Waals surface area contributed by atoms with Crippen LogP contribution in [0.1, 0.15) is 49.8 Å². The highest BCUT2D eigenvalue weighted by molar-refractivity contribution is 5.87. The number of H-pyrrole nitrogens is 1. The molecule has 1 unspecified atom stereocenters. The second-order valence-corrected chi connectivity index (χ2v) is 7.05. The molecule has 3 rings (SSSR count). The first-order valence-electron chi connectivity index (χ1n) is 9.18. The molecule has 1 spiro atoms. The summed E-state index contributed by atoms with van der Waals surface area (Å²) in [5, 5.41) is 0. The van der Waals surface area contributed by atoms with Gasteiger partial charge >= 0.3 is 0 Å². The number of hydrogen-bond donors (Lipinski definition) is 1. The lowest BCUT2D eigenvalue weighted by molar-refractivity contribution is -0.148. The maximum atomic E-state index is 13.2. The van der Waals surface area contributed by atoms with Crippen LogP contribution in [0.15, 0.2) is 0 Å². The lowest BCUT2D eigenvalue weighted by Gasteiger charge is -2.44. The molecule has 2 saturated heterocycles. The smallest absolute Gasteiger partial charge is 0.243 e. The van der Waals surface area contributed by atoms with Gasteiger partial charge in [-0.2, -0.15) is 0 Å². The monoisotopic (exact) mass is 334 g/mol. The number of piperidine rings is 1. The molecule has 0 aromatic carbocycles. The Hall–Kier alpha value is -1.40. The summed E-state index contributed by atoms with van der Waals surface area (Å²) >= 11 is 0. The summed E-state index contributed by atoms with van der Waals surface area (Å²) in [5.74, 6) is 1.33. The molecule has 1 amide bonds. The van der Waals surface area contributed by atoms with Crippen molar-refractivity contribution in [3.05, 3.63) is 17.2 Å². The van der Waals surface area contributed by atoms with E-state index in [1.54, 1.807) is 7.11 Å². The van der Waals surface area contributed by atoms with Crippen LogP contribution in [0, 0.1) is 6.92 Å². The molecule has 2 aliphatic rings. The van der Waals surface area contributed by atoms with E-state index in [2.05, 4.69) is 23.7 Å². The Kier molecular flexibility index (Phi) is 5.25. The number of carbonyl (C=O) groups excluding carboxylic acids is 1. The van der Waals surface area contributed by atoms with Crippen LogP contribution in [-0.2, 0) is 22.5 Å². The minimum Gasteiger partial charge on any atom is -0.383 e. The first-order chi connectivity index (χ1) is 11.6. The van der Waals surface area contributed by atoms with Crippen molar-refractivity contribution < 1.29 is 9.53 Å². The Balaban J connectivity index is 1.78. The second kappa shape index (κ2) is 7.23. The summed E-state index contributed by atoms with van der Waals surface area (Å²) < 4.78 is 5.18. The zero-order chi connectivity index (χ0) is 17.2. The molecule has 1 aromatic rings. The number of aryl methyl sites for hydroxylation is 2. The average molecular weight is 334 g/mol. The third-order valence-electron chi connectivity index (χ3n) is 5.60. The number of aromatic amines is 1. The molecule has 0 aliphatic carbocycles. The van der Waals surface area contributed by atoms with Crippen molar-refractivity contribution in [2.24, 2.45) is 0 Å². The van der Waals surface area contributed by atoms with Gasteiger partial charge in [0.2, 0.25) is 5.91 Å². The molecule has 6 nitrogen and oxygen atoms in total. The van der Waals surface area contributed by atoms with E-state index in [4.69, 9.17) is 9.72 Å². The molecule has 0 radical (unpaired) electrons. The Bertz CT molecular complexity index is 586. The number of likely N-dealkylation sites (tertiary alicyclic amines) is 2. The van der Waals surface area contributed by atoms with E-state index >= 15 is 0 Å². The first-order valence-corrected chi connectivity index (χ1v) is 9.18. The summed E-state index contributed by atoms with van der Waals surface area (Å²) in [7, 11) is 1.69. The third kappa shape index (κ3) is 3.09. The molecule has 2 aliphatic heterocycles. The molecule has 0 bridgehead atoms. The van der Waals surface area contributed by atoms with Crippen LogP contribution in [0.5, 0.6) is 0 Å². The first kappa shape index (κ1) is 17.4. The number of nitrogens with one attached hydrogen (secondary N) is 1. The number of methoxy groups -OCH3 is 1. The van der Waals surface area contributed by atoms with E-state index in [1.165, 1.54) is 0 Å².